The molecule has 1 heterocycles. The molecule has 0 saturated carbocycles. The first-order valence-electron chi connectivity index (χ1n) is 1.60. The van der Waals surface area contributed by atoms with Crippen LogP contribution in [-0.4, -0.2) is 13.3 Å². The third-order valence-electron chi connectivity index (χ3n) is 0.507. The Morgan fingerprint density at radius 2 is 2.60 bits per heavy atom. The van der Waals surface area contributed by atoms with Crippen LogP contribution in [0.1, 0.15) is 0 Å². The molecule has 2 N–H and O–H groups in total. The van der Waals surface area contributed by atoms with Crippen molar-refractivity contribution < 1.29 is 0 Å². The number of nitrogens with zero attached hydrogens (tertiary/aromatic N) is 1. The molecule has 0 atom stereocenters. The van der Waals surface area contributed by atoms with Gasteiger partial charge in [-0.1, -0.05) is 0 Å². The van der Waals surface area contributed by atoms with Crippen LogP contribution in [-0.2, 0) is 0 Å². The summed E-state index contributed by atoms with van der Waals surface area (Å²) in [5.74, 6) is 0. The predicted molar refractivity (Wildman–Crippen MR) is 18.1 cm³/mol. The fourth-order valence-corrected chi connectivity index (χ4v) is 0.280. The van der Waals surface area contributed by atoms with Gasteiger partial charge in [0, 0.05) is 0 Å². The van der Waals surface area contributed by atoms with E-state index in [1.54, 1.807) is 0 Å². The Labute approximate surface area is 30.7 Å². The molecule has 1 aliphatic heterocycles. The SMILES string of the molecule is C1[N]NCN1. The van der Waals surface area contributed by atoms with Crippen molar-refractivity contribution in [2.75, 3.05) is 13.3 Å². The highest BCUT2D eigenvalue weighted by molar-refractivity contribution is 4.43. The van der Waals surface area contributed by atoms with Gasteiger partial charge in [-0.2, -0.15) is 0 Å². The summed E-state index contributed by atoms with van der Waals surface area (Å²) in [6, 6.07) is 0. The lowest BCUT2D eigenvalue weighted by molar-refractivity contribution is 0.673. The van der Waals surface area contributed by atoms with Crippen LogP contribution >= 0.6 is 0 Å². The summed E-state index contributed by atoms with van der Waals surface area (Å²) in [5.41, 5.74) is 6.46. The van der Waals surface area contributed by atoms with Gasteiger partial charge in [0.15, 0.2) is 0 Å². The molecule has 0 unspecified atom stereocenters. The van der Waals surface area contributed by atoms with Crippen molar-refractivity contribution in [3.8, 4) is 0 Å². The van der Waals surface area contributed by atoms with Gasteiger partial charge in [-0.15, -0.1) is 5.43 Å². The monoisotopic (exact) mass is 72.1 g/mol. The molecule has 0 spiro atoms. The lowest BCUT2D eigenvalue weighted by atomic mass is 11.1. The number of nitrogens with one attached hydrogen (secondary N) is 2. The smallest absolute Gasteiger partial charge is 0.0807 e. The van der Waals surface area contributed by atoms with Crippen molar-refractivity contribution in [2.24, 2.45) is 0 Å². The van der Waals surface area contributed by atoms with Crippen molar-refractivity contribution in [1.29, 1.82) is 0 Å². The van der Waals surface area contributed by atoms with Crippen LogP contribution in [0.25, 0.3) is 0 Å². The number of rotatable bonds is 0. The number of hydrogen-bond donors (Lipinski definition) is 2. The van der Waals surface area contributed by atoms with E-state index >= 15 is 0 Å². The molecule has 29 valence electrons. The Morgan fingerprint density at radius 3 is 2.80 bits per heavy atom. The summed E-state index contributed by atoms with van der Waals surface area (Å²) >= 11 is 0. The van der Waals surface area contributed by atoms with E-state index in [0.717, 1.165) is 13.3 Å². The van der Waals surface area contributed by atoms with E-state index in [0.29, 0.717) is 0 Å². The number of hydrogen-bond acceptors (Lipinski definition) is 2. The second-order valence-corrected chi connectivity index (χ2v) is 0.901. The molecular weight excluding hydrogens is 66.0 g/mol. The fraction of sp³-hybridized carbons (Fsp3) is 1.00. The first-order chi connectivity index (χ1) is 2.50. The zero-order valence-corrected chi connectivity index (χ0v) is 2.86. The lowest BCUT2D eigenvalue weighted by Crippen LogP contribution is -2.13. The van der Waals surface area contributed by atoms with E-state index in [-0.39, 0.29) is 0 Å². The van der Waals surface area contributed by atoms with Crippen LogP contribution in [0, 0.1) is 0 Å². The summed E-state index contributed by atoms with van der Waals surface area (Å²) in [6.07, 6.45) is 0. The molecule has 1 saturated heterocycles. The van der Waals surface area contributed by atoms with Gasteiger partial charge in [0.1, 0.15) is 0 Å². The molecule has 1 fully saturated rings. The lowest BCUT2D eigenvalue weighted by Gasteiger charge is -1.74. The van der Waals surface area contributed by atoms with E-state index in [1.165, 1.54) is 0 Å². The minimum Gasteiger partial charge on any atom is -0.288 e. The van der Waals surface area contributed by atoms with Crippen LogP contribution < -0.4 is 16.2 Å². The highest BCUT2D eigenvalue weighted by Crippen LogP contribution is 1.56. The first-order valence-corrected chi connectivity index (χ1v) is 1.60. The minimum absolute atomic E-state index is 0.764. The third kappa shape index (κ3) is 0.576. The van der Waals surface area contributed by atoms with Gasteiger partial charge in [0.25, 0.3) is 0 Å². The van der Waals surface area contributed by atoms with Crippen LogP contribution in [0.4, 0.5) is 0 Å². The van der Waals surface area contributed by atoms with Crippen LogP contribution in [0.2, 0.25) is 0 Å². The van der Waals surface area contributed by atoms with Crippen LogP contribution in [0.3, 0.4) is 0 Å². The molecule has 0 bridgehead atoms. The summed E-state index contributed by atoms with van der Waals surface area (Å²) < 4.78 is 0. The Kier molecular flexibility index (Phi) is 0.834. The molecular formula is C2H6N3. The zero-order valence-electron chi connectivity index (χ0n) is 2.86. The topological polar surface area (TPSA) is 38.2 Å². The molecule has 1 aliphatic rings. The molecule has 3 nitrogen and oxygen atoms in total. The molecule has 0 aliphatic carbocycles. The molecule has 0 amide bonds. The normalized spacial score (nSPS) is 24.0. The maximum atomic E-state index is 3.72. The maximum absolute atomic E-state index is 3.72. The van der Waals surface area contributed by atoms with Gasteiger partial charge < -0.3 is 0 Å². The van der Waals surface area contributed by atoms with Gasteiger partial charge in [0.05, 0.1) is 13.3 Å². The highest BCUT2D eigenvalue weighted by atomic mass is 15.5. The predicted octanol–water partition coefficient (Wildman–Crippen LogP) is -1.39. The Balaban J connectivity index is 2.08. The molecule has 0 aromatic heterocycles. The third-order valence-corrected chi connectivity index (χ3v) is 0.507. The molecule has 5 heavy (non-hydrogen) atoms. The Bertz CT molecular complexity index is 16.5. The van der Waals surface area contributed by atoms with Crippen molar-refractivity contribution in [1.82, 2.24) is 16.2 Å². The van der Waals surface area contributed by atoms with Gasteiger partial charge >= 0.3 is 0 Å². The van der Waals surface area contributed by atoms with Crippen molar-refractivity contribution in [3.63, 3.8) is 0 Å². The Hall–Kier alpha value is -0.120. The molecule has 0 aromatic rings. The second kappa shape index (κ2) is 1.35. The molecule has 0 aromatic carbocycles. The molecule has 1 rings (SSSR count). The van der Waals surface area contributed by atoms with E-state index in [1.807, 2.05) is 0 Å². The van der Waals surface area contributed by atoms with E-state index in [4.69, 9.17) is 0 Å². The average Bonchev–Trinajstić information content (AvgIpc) is 1.76. The summed E-state index contributed by atoms with van der Waals surface area (Å²) in [4.78, 5) is 0. The standard InChI is InChI=1S/C2H6N3/c1-3-2-5-4-1/h3-4H,1-2H2. The van der Waals surface area contributed by atoms with Crippen LogP contribution in [0.5, 0.6) is 0 Å². The van der Waals surface area contributed by atoms with Crippen molar-refractivity contribution >= 4 is 0 Å². The van der Waals surface area contributed by atoms with Gasteiger partial charge in [-0.25, -0.2) is 5.43 Å². The van der Waals surface area contributed by atoms with Gasteiger partial charge in [0.2, 0.25) is 0 Å². The Morgan fingerprint density at radius 1 is 1.60 bits per heavy atom. The fourth-order valence-electron chi connectivity index (χ4n) is 0.280. The van der Waals surface area contributed by atoms with E-state index in [9.17, 15) is 0 Å². The average molecular weight is 72.1 g/mol. The molecule has 3 heteroatoms. The molecule has 1 radical (unpaired) electrons. The first kappa shape index (κ1) is 3.08. The maximum Gasteiger partial charge on any atom is 0.0807 e. The summed E-state index contributed by atoms with van der Waals surface area (Å²) in [6.45, 7) is 1.60. The van der Waals surface area contributed by atoms with Crippen molar-refractivity contribution in [2.45, 2.75) is 0 Å². The summed E-state index contributed by atoms with van der Waals surface area (Å²) in [7, 11) is 0. The van der Waals surface area contributed by atoms with E-state index in [2.05, 4.69) is 16.2 Å². The van der Waals surface area contributed by atoms with Crippen LogP contribution in [0.15, 0.2) is 0 Å². The van der Waals surface area contributed by atoms with Gasteiger partial charge in [-0.3, -0.25) is 5.32 Å². The summed E-state index contributed by atoms with van der Waals surface area (Å²) in [5, 5.41) is 2.94. The van der Waals surface area contributed by atoms with E-state index < -0.39 is 0 Å². The van der Waals surface area contributed by atoms with Gasteiger partial charge in [-0.05, 0) is 0 Å². The van der Waals surface area contributed by atoms with Crippen molar-refractivity contribution in [3.05, 3.63) is 0 Å². The zero-order chi connectivity index (χ0) is 3.54. The second-order valence-electron chi connectivity index (χ2n) is 0.901. The highest BCUT2D eigenvalue weighted by Gasteiger charge is 1.90. The largest absolute Gasteiger partial charge is 0.288 e. The quantitative estimate of drug-likeness (QED) is 0.370. The minimum atomic E-state index is 0.764.